The minimum atomic E-state index is -0.0116. The number of rotatable bonds is 0. The summed E-state index contributed by atoms with van der Waals surface area (Å²) < 4.78 is 12.8. The Morgan fingerprint density at radius 3 is 2.75 bits per heavy atom. The van der Waals surface area contributed by atoms with E-state index in [4.69, 9.17) is 0 Å². The van der Waals surface area contributed by atoms with Gasteiger partial charge in [0.25, 0.3) is 0 Å². The molecule has 0 spiro atoms. The van der Waals surface area contributed by atoms with Gasteiger partial charge in [-0.1, -0.05) is 12.1 Å². The second kappa shape index (κ2) is 4.48. The van der Waals surface area contributed by atoms with E-state index in [1.54, 1.807) is 11.8 Å². The third-order valence-corrected chi connectivity index (χ3v) is 2.51. The normalized spacial score (nSPS) is 12.2. The van der Waals surface area contributed by atoms with Crippen molar-refractivity contribution in [2.24, 2.45) is 0 Å². The summed E-state index contributed by atoms with van der Waals surface area (Å²) in [5.41, 5.74) is 4.33. The predicted molar refractivity (Wildman–Crippen MR) is 49.4 cm³/mol. The summed E-state index contributed by atoms with van der Waals surface area (Å²) in [6.07, 6.45) is 0. The van der Waals surface area contributed by atoms with Gasteiger partial charge in [0.15, 0.2) is 0 Å². The van der Waals surface area contributed by atoms with Crippen molar-refractivity contribution >= 4 is 11.8 Å². The zero-order valence-corrected chi connectivity index (χ0v) is 7.96. The van der Waals surface area contributed by atoms with Crippen LogP contribution in [0, 0.1) is 5.82 Å². The molecule has 0 fully saturated rings. The minimum absolute atomic E-state index is 0.0116. The summed E-state index contributed by atoms with van der Waals surface area (Å²) in [6, 6.07) is 5.54. The largest absolute Gasteiger partial charge is 0.358 e. The first-order chi connectivity index (χ1) is 5.79. The van der Waals surface area contributed by atoms with Crippen molar-refractivity contribution in [1.82, 2.24) is 0 Å². The van der Waals surface area contributed by atoms with Crippen LogP contribution < -0.4 is 5.73 Å². The summed E-state index contributed by atoms with van der Waals surface area (Å²) >= 11 is 1.57. The number of fused-ring (bicyclic) bond motifs is 2. The molecule has 0 saturated carbocycles. The van der Waals surface area contributed by atoms with Crippen LogP contribution in [0.4, 0.5) is 4.39 Å². The van der Waals surface area contributed by atoms with Gasteiger partial charge in [-0.3, -0.25) is 0 Å². The molecule has 0 radical (unpaired) electrons. The first-order valence-electron chi connectivity index (χ1n) is 3.99. The lowest BCUT2D eigenvalue weighted by Crippen LogP contribution is -2.48. The Morgan fingerprint density at radius 1 is 1.58 bits per heavy atom. The molecular weight excluding hydrogens is 173 g/mol. The maximum absolute atomic E-state index is 12.8. The molecule has 2 bridgehead atoms. The smallest absolute Gasteiger partial charge is 0.140 e. The Balaban J connectivity index is 0.000000213. The van der Waals surface area contributed by atoms with Gasteiger partial charge in [-0.15, -0.1) is 11.8 Å². The zero-order valence-electron chi connectivity index (χ0n) is 7.14. The summed E-state index contributed by atoms with van der Waals surface area (Å²) in [5.74, 6) is 0.802. The van der Waals surface area contributed by atoms with Gasteiger partial charge in [0.05, 0.1) is 6.54 Å². The van der Waals surface area contributed by atoms with Gasteiger partial charge in [0, 0.05) is 10.6 Å². The van der Waals surface area contributed by atoms with E-state index in [9.17, 15) is 4.39 Å². The molecule has 1 heterocycles. The first kappa shape index (κ1) is 9.55. The van der Waals surface area contributed by atoms with E-state index >= 15 is 0 Å². The van der Waals surface area contributed by atoms with Gasteiger partial charge in [0.1, 0.15) is 5.82 Å². The van der Waals surface area contributed by atoms with Gasteiger partial charge < -0.3 is 5.73 Å². The van der Waals surface area contributed by atoms with Gasteiger partial charge >= 0.3 is 0 Å². The average molecular weight is 186 g/mol. The molecule has 0 aromatic heterocycles. The molecule has 0 aliphatic carbocycles. The van der Waals surface area contributed by atoms with Crippen molar-refractivity contribution in [1.29, 1.82) is 0 Å². The fourth-order valence-electron chi connectivity index (χ4n) is 0.935. The van der Waals surface area contributed by atoms with Crippen LogP contribution in [0.15, 0.2) is 23.1 Å². The first-order valence-corrected chi connectivity index (χ1v) is 4.97. The summed E-state index contributed by atoms with van der Waals surface area (Å²) in [6.45, 7) is 3.01. The summed E-state index contributed by atoms with van der Waals surface area (Å²) in [4.78, 5) is 0.799. The highest BCUT2D eigenvalue weighted by Gasteiger charge is 2.14. The van der Waals surface area contributed by atoms with E-state index in [0.717, 1.165) is 22.8 Å². The highest BCUT2D eigenvalue weighted by atomic mass is 32.2. The summed E-state index contributed by atoms with van der Waals surface area (Å²) in [5, 5.41) is 0. The second-order valence-corrected chi connectivity index (χ2v) is 3.54. The van der Waals surface area contributed by atoms with Gasteiger partial charge in [-0.25, -0.2) is 4.39 Å². The van der Waals surface area contributed by atoms with Crippen molar-refractivity contribution in [3.8, 4) is 0 Å². The lowest BCUT2D eigenvalue weighted by molar-refractivity contribution is -0.361. The zero-order chi connectivity index (χ0) is 8.97. The van der Waals surface area contributed by atoms with Crippen LogP contribution in [0.3, 0.4) is 0 Å². The van der Waals surface area contributed by atoms with Crippen LogP contribution >= 0.6 is 11.8 Å². The van der Waals surface area contributed by atoms with Crippen molar-refractivity contribution in [2.45, 2.75) is 17.6 Å². The van der Waals surface area contributed by atoms with E-state index in [0.29, 0.717) is 0 Å². The van der Waals surface area contributed by atoms with Crippen molar-refractivity contribution in [2.75, 3.05) is 6.54 Å². The van der Waals surface area contributed by atoms with Gasteiger partial charge in [-0.05, 0) is 18.6 Å². The Kier molecular flexibility index (Phi) is 3.56. The van der Waals surface area contributed by atoms with E-state index in [1.807, 2.05) is 25.1 Å². The molecule has 66 valence electrons. The van der Waals surface area contributed by atoms with Gasteiger partial charge in [-0.2, -0.15) is 0 Å². The Bertz CT molecular complexity index is 240. The topological polar surface area (TPSA) is 27.6 Å². The SMILES string of the molecule is CC[NH3+].Fc1c2cccc1SC2. The average Bonchev–Trinajstić information content (AvgIpc) is 2.32. The molecule has 1 aliphatic heterocycles. The molecule has 3 heteroatoms. The lowest BCUT2D eigenvalue weighted by Gasteiger charge is -1.88. The molecule has 1 nitrogen and oxygen atoms in total. The predicted octanol–water partition coefficient (Wildman–Crippen LogP) is 1.68. The molecule has 0 amide bonds. The third kappa shape index (κ3) is 1.99. The fourth-order valence-corrected chi connectivity index (χ4v) is 1.90. The van der Waals surface area contributed by atoms with Crippen LogP contribution in [0.2, 0.25) is 0 Å². The molecule has 0 saturated heterocycles. The third-order valence-electron chi connectivity index (χ3n) is 1.43. The number of thioether (sulfide) groups is 1. The number of quaternary nitrogens is 1. The molecule has 1 aromatic carbocycles. The van der Waals surface area contributed by atoms with Crippen molar-refractivity contribution in [3.05, 3.63) is 29.6 Å². The molecule has 3 N–H and O–H groups in total. The van der Waals surface area contributed by atoms with Gasteiger partial charge in [0.2, 0.25) is 0 Å². The summed E-state index contributed by atoms with van der Waals surface area (Å²) in [7, 11) is 0. The number of halogens is 1. The van der Waals surface area contributed by atoms with Crippen LogP contribution in [0.5, 0.6) is 0 Å². The van der Waals surface area contributed by atoms with Crippen LogP contribution in [0.25, 0.3) is 0 Å². The molecule has 0 unspecified atom stereocenters. The quantitative estimate of drug-likeness (QED) is 0.656. The molecule has 2 rings (SSSR count). The minimum Gasteiger partial charge on any atom is -0.358 e. The number of hydrogen-bond donors (Lipinski definition) is 1. The van der Waals surface area contributed by atoms with Crippen molar-refractivity contribution in [3.63, 3.8) is 0 Å². The number of benzene rings is 1. The van der Waals surface area contributed by atoms with Crippen LogP contribution in [-0.2, 0) is 5.75 Å². The monoisotopic (exact) mass is 186 g/mol. The maximum atomic E-state index is 12.8. The Hall–Kier alpha value is -0.540. The maximum Gasteiger partial charge on any atom is 0.140 e. The highest BCUT2D eigenvalue weighted by Crippen LogP contribution is 2.34. The van der Waals surface area contributed by atoms with Crippen molar-refractivity contribution < 1.29 is 10.1 Å². The Morgan fingerprint density at radius 2 is 2.25 bits per heavy atom. The van der Waals surface area contributed by atoms with E-state index in [1.165, 1.54) is 0 Å². The van der Waals surface area contributed by atoms with Crippen LogP contribution in [0.1, 0.15) is 12.5 Å². The molecule has 12 heavy (non-hydrogen) atoms. The standard InChI is InChI=1S/C7H5FS.C2H7N/c8-7-5-2-1-3-6(7)9-4-5;1-2-3/h1-3H,4H2;2-3H2,1H3/p+1. The molecular formula is C9H13FNS+. The lowest BCUT2D eigenvalue weighted by atomic mass is 10.2. The van der Waals surface area contributed by atoms with E-state index in [-0.39, 0.29) is 5.82 Å². The van der Waals surface area contributed by atoms with Crippen LogP contribution in [-0.4, -0.2) is 6.54 Å². The second-order valence-electron chi connectivity index (χ2n) is 2.52. The fraction of sp³-hybridized carbons (Fsp3) is 0.333. The molecule has 0 atom stereocenters. The molecule has 1 aromatic rings. The highest BCUT2D eigenvalue weighted by molar-refractivity contribution is 7.98. The van der Waals surface area contributed by atoms with E-state index < -0.39 is 0 Å². The molecule has 1 aliphatic rings. The number of hydrogen-bond acceptors (Lipinski definition) is 1. The van der Waals surface area contributed by atoms with E-state index in [2.05, 4.69) is 5.73 Å². The Labute approximate surface area is 76.2 Å².